The lowest BCUT2D eigenvalue weighted by Crippen LogP contribution is -2.21. The predicted molar refractivity (Wildman–Crippen MR) is 186 cm³/mol. The molecule has 1 amide bonds. The Morgan fingerprint density at radius 3 is 2.16 bits per heavy atom. The molecule has 0 saturated carbocycles. The van der Waals surface area contributed by atoms with E-state index in [1.54, 1.807) is 18.2 Å². The summed E-state index contributed by atoms with van der Waals surface area (Å²) < 4.78 is 11.9. The molecule has 0 saturated heterocycles. The van der Waals surface area contributed by atoms with Gasteiger partial charge in [0.15, 0.2) is 23.9 Å². The van der Waals surface area contributed by atoms with Crippen LogP contribution in [-0.2, 0) is 11.3 Å². The summed E-state index contributed by atoms with van der Waals surface area (Å²) in [6, 6.07) is 13.1. The van der Waals surface area contributed by atoms with E-state index >= 15 is 0 Å². The van der Waals surface area contributed by atoms with Crippen LogP contribution in [0.4, 0.5) is 5.69 Å². The summed E-state index contributed by atoms with van der Waals surface area (Å²) in [5.41, 5.74) is 2.33. The van der Waals surface area contributed by atoms with Gasteiger partial charge in [0.05, 0.1) is 18.0 Å². The predicted octanol–water partition coefficient (Wildman–Crippen LogP) is 9.93. The third-order valence-electron chi connectivity index (χ3n) is 7.38. The first-order valence-corrected chi connectivity index (χ1v) is 16.8. The number of carbonyl (C=O) groups is 2. The Hall–Kier alpha value is -2.45. The summed E-state index contributed by atoms with van der Waals surface area (Å²) in [6.45, 7) is 7.03. The van der Waals surface area contributed by atoms with E-state index in [4.69, 9.17) is 9.47 Å². The molecule has 0 bridgehead atoms. The molecule has 0 spiro atoms. The van der Waals surface area contributed by atoms with Crippen molar-refractivity contribution in [1.29, 1.82) is 0 Å². The summed E-state index contributed by atoms with van der Waals surface area (Å²) in [5.74, 6) is 1.43. The first-order valence-electron chi connectivity index (χ1n) is 15.8. The summed E-state index contributed by atoms with van der Waals surface area (Å²) in [5, 5.41) is 2.93. The Bertz CT molecular complexity index is 1160. The van der Waals surface area contributed by atoms with Crippen molar-refractivity contribution in [3.05, 3.63) is 64.7 Å². The van der Waals surface area contributed by atoms with Gasteiger partial charge in [-0.15, -0.1) is 28.7 Å². The first-order chi connectivity index (χ1) is 20.5. The monoisotopic (exact) mass is 674 g/mol. The van der Waals surface area contributed by atoms with Crippen molar-refractivity contribution in [2.24, 2.45) is 0 Å². The summed E-state index contributed by atoms with van der Waals surface area (Å²) in [4.78, 5) is 28.6. The number of ketones is 1. The molecule has 2 aromatic carbocycles. The number of hydrogen-bond donors (Lipinski definition) is 1. The second-order valence-corrected chi connectivity index (χ2v) is 12.4. The van der Waals surface area contributed by atoms with Gasteiger partial charge in [0.2, 0.25) is 0 Å². The van der Waals surface area contributed by atoms with Crippen LogP contribution >= 0.6 is 28.7 Å². The molecule has 0 atom stereocenters. The maximum atomic E-state index is 12.7. The van der Waals surface area contributed by atoms with Crippen LogP contribution in [0.2, 0.25) is 0 Å². The molecule has 1 N–H and O–H groups in total. The van der Waals surface area contributed by atoms with Crippen LogP contribution in [0.15, 0.2) is 53.6 Å². The number of halogens is 1. The molecule has 3 rings (SSSR count). The number of nitrogens with zero attached hydrogens (tertiary/aromatic N) is 1. The van der Waals surface area contributed by atoms with Crippen LogP contribution in [0.25, 0.3) is 0 Å². The lowest BCUT2D eigenvalue weighted by molar-refractivity contribution is -0.118. The van der Waals surface area contributed by atoms with Crippen molar-refractivity contribution < 1.29 is 19.1 Å². The minimum absolute atomic E-state index is 0. The number of para-hydroxylation sites is 1. The fraction of sp³-hybridized carbons (Fsp3) is 0.543. The van der Waals surface area contributed by atoms with Crippen molar-refractivity contribution in [3.63, 3.8) is 0 Å². The number of thioether (sulfide) groups is 1. The number of anilines is 1. The molecule has 0 aromatic heterocycles. The van der Waals surface area contributed by atoms with Gasteiger partial charge >= 0.3 is 0 Å². The molecule has 6 nitrogen and oxygen atoms in total. The molecule has 0 radical (unpaired) electrons. The zero-order valence-corrected chi connectivity index (χ0v) is 28.9. The van der Waals surface area contributed by atoms with Gasteiger partial charge in [-0.2, -0.15) is 0 Å². The number of carbonyl (C=O) groups excluding carboxylic acids is 2. The van der Waals surface area contributed by atoms with Gasteiger partial charge in [0, 0.05) is 18.4 Å². The van der Waals surface area contributed by atoms with Crippen LogP contribution in [0.3, 0.4) is 0 Å². The second kappa shape index (κ2) is 21.3. The van der Waals surface area contributed by atoms with Gasteiger partial charge in [-0.3, -0.25) is 9.59 Å². The van der Waals surface area contributed by atoms with Crippen molar-refractivity contribution >= 4 is 46.1 Å². The molecule has 0 unspecified atom stereocenters. The van der Waals surface area contributed by atoms with Crippen molar-refractivity contribution in [2.75, 3.05) is 24.4 Å². The zero-order chi connectivity index (χ0) is 30.0. The molecule has 43 heavy (non-hydrogen) atoms. The molecule has 0 aliphatic carbocycles. The van der Waals surface area contributed by atoms with Gasteiger partial charge in [-0.1, -0.05) is 95.8 Å². The quantitative estimate of drug-likeness (QED) is 0.105. The van der Waals surface area contributed by atoms with Gasteiger partial charge in [0.1, 0.15) is 0 Å². The van der Waals surface area contributed by atoms with Crippen molar-refractivity contribution in [2.45, 2.75) is 104 Å². The maximum absolute atomic E-state index is 12.7. The molecule has 2 aromatic rings. The third-order valence-corrected chi connectivity index (χ3v) is 8.40. The van der Waals surface area contributed by atoms with E-state index in [1.807, 2.05) is 30.0 Å². The summed E-state index contributed by atoms with van der Waals surface area (Å²) in [6.07, 6.45) is 17.5. The van der Waals surface area contributed by atoms with E-state index in [1.165, 1.54) is 76.0 Å². The van der Waals surface area contributed by atoms with Gasteiger partial charge < -0.3 is 19.7 Å². The normalized spacial score (nSPS) is 12.4. The highest BCUT2D eigenvalue weighted by molar-refractivity contribution is 8.93. The Morgan fingerprint density at radius 1 is 0.884 bits per heavy atom. The van der Waals surface area contributed by atoms with Crippen molar-refractivity contribution in [3.8, 4) is 11.5 Å². The minimum atomic E-state index is -0.264. The highest BCUT2D eigenvalue weighted by Gasteiger charge is 2.16. The van der Waals surface area contributed by atoms with E-state index in [-0.39, 0.29) is 35.3 Å². The Balaban J connectivity index is 0.00000645. The van der Waals surface area contributed by atoms with Gasteiger partial charge in [0.25, 0.3) is 5.91 Å². The van der Waals surface area contributed by atoms with Crippen LogP contribution in [0, 0.1) is 0 Å². The molecule has 238 valence electrons. The standard InChI is InChI=1S/C35H50N2O4S.BrH/c1-4-5-6-7-8-9-10-11-12-13-14-15-22-40-35-32(29(3)38)20-17-21-33(35)41-26-34(39)36-31-19-16-18-30(23-31)25-37-24-28(2)42-27-37;/h16-21,23-24H,4-15,22,25-27H2,1-3H3,(H,36,39);1H. The smallest absolute Gasteiger partial charge is 0.262 e. The molecular formula is C35H51BrN2O4S. The summed E-state index contributed by atoms with van der Waals surface area (Å²) in [7, 11) is 0. The lowest BCUT2D eigenvalue weighted by atomic mass is 10.1. The maximum Gasteiger partial charge on any atom is 0.262 e. The van der Waals surface area contributed by atoms with Gasteiger partial charge in [-0.05, 0) is 55.0 Å². The number of rotatable bonds is 21. The molecule has 1 aliphatic rings. The molecular weight excluding hydrogens is 624 g/mol. The fourth-order valence-electron chi connectivity index (χ4n) is 5.10. The highest BCUT2D eigenvalue weighted by atomic mass is 79.9. The number of benzene rings is 2. The number of allylic oxidation sites excluding steroid dienone is 1. The van der Waals surface area contributed by atoms with E-state index in [9.17, 15) is 9.59 Å². The minimum Gasteiger partial charge on any atom is -0.489 e. The number of hydrogen-bond acceptors (Lipinski definition) is 6. The number of nitrogens with one attached hydrogen (secondary N) is 1. The highest BCUT2D eigenvalue weighted by Crippen LogP contribution is 2.32. The summed E-state index contributed by atoms with van der Waals surface area (Å²) >= 11 is 1.83. The average molecular weight is 676 g/mol. The van der Waals surface area contributed by atoms with Crippen molar-refractivity contribution in [1.82, 2.24) is 4.90 Å². The Kier molecular flexibility index (Phi) is 18.2. The van der Waals surface area contributed by atoms with Crippen LogP contribution in [0.5, 0.6) is 11.5 Å². The third kappa shape index (κ3) is 14.3. The average Bonchev–Trinajstić information content (AvgIpc) is 3.38. The number of amides is 1. The molecule has 0 fully saturated rings. The molecule has 1 aliphatic heterocycles. The van der Waals surface area contributed by atoms with Crippen LogP contribution < -0.4 is 14.8 Å². The zero-order valence-electron chi connectivity index (χ0n) is 26.3. The van der Waals surface area contributed by atoms with E-state index in [0.29, 0.717) is 23.7 Å². The Morgan fingerprint density at radius 2 is 1.53 bits per heavy atom. The molecule has 1 heterocycles. The SMILES string of the molecule is Br.CCCCCCCCCCCCCCOc1c(OCC(=O)Nc2cccc(CN3C=C(C)SC3)c2)cccc1C(C)=O. The topological polar surface area (TPSA) is 67.9 Å². The second-order valence-electron chi connectivity index (χ2n) is 11.2. The largest absolute Gasteiger partial charge is 0.489 e. The van der Waals surface area contributed by atoms with Crippen LogP contribution in [0.1, 0.15) is 114 Å². The number of unbranched alkanes of at least 4 members (excludes halogenated alkanes) is 11. The van der Waals surface area contributed by atoms with Gasteiger partial charge in [-0.25, -0.2) is 0 Å². The Labute approximate surface area is 274 Å². The molecule has 8 heteroatoms. The first kappa shape index (κ1) is 36.7. The fourth-order valence-corrected chi connectivity index (χ4v) is 5.86. The number of Topliss-reactive ketones (excluding diaryl/α,β-unsaturated/α-hetero) is 1. The number of ether oxygens (including phenoxy) is 2. The van der Waals surface area contributed by atoms with E-state index in [2.05, 4.69) is 36.3 Å². The van der Waals surface area contributed by atoms with E-state index in [0.717, 1.165) is 36.5 Å². The lowest BCUT2D eigenvalue weighted by Gasteiger charge is -2.16. The van der Waals surface area contributed by atoms with E-state index < -0.39 is 0 Å². The van der Waals surface area contributed by atoms with Crippen LogP contribution in [-0.4, -0.2) is 35.7 Å².